The predicted molar refractivity (Wildman–Crippen MR) is 123 cm³/mol. The number of thiazole rings is 1. The summed E-state index contributed by atoms with van der Waals surface area (Å²) in [5, 5.41) is 13.9. The molecule has 0 aliphatic heterocycles. The fourth-order valence-electron chi connectivity index (χ4n) is 4.37. The molecule has 4 nitrogen and oxygen atoms in total. The van der Waals surface area contributed by atoms with Gasteiger partial charge in [0.05, 0.1) is 5.69 Å². The van der Waals surface area contributed by atoms with Crippen LogP contribution in [0.15, 0.2) is 35.7 Å². The van der Waals surface area contributed by atoms with Gasteiger partial charge in [0, 0.05) is 28.7 Å². The van der Waals surface area contributed by atoms with Crippen LogP contribution >= 0.6 is 11.3 Å². The molecule has 0 spiro atoms. The number of benzene rings is 2. The van der Waals surface area contributed by atoms with Crippen molar-refractivity contribution in [2.24, 2.45) is 0 Å². The summed E-state index contributed by atoms with van der Waals surface area (Å²) in [7, 11) is 0. The smallest absolute Gasteiger partial charge is 0.207 e. The van der Waals surface area contributed by atoms with Crippen molar-refractivity contribution >= 4 is 11.3 Å². The van der Waals surface area contributed by atoms with Gasteiger partial charge in [-0.3, -0.25) is 10.1 Å². The Balaban J connectivity index is 1.52. The fraction of sp³-hybridized carbons (Fsp3) is 0.400. The first-order valence-corrected chi connectivity index (χ1v) is 11.6. The Morgan fingerprint density at radius 1 is 1.00 bits per heavy atom. The largest absolute Gasteiger partial charge is 0.265 e. The summed E-state index contributed by atoms with van der Waals surface area (Å²) < 4.78 is 0. The lowest BCUT2D eigenvalue weighted by atomic mass is 9.96. The maximum atomic E-state index is 10.7. The van der Waals surface area contributed by atoms with Crippen LogP contribution < -0.4 is 0 Å². The fourth-order valence-corrected chi connectivity index (χ4v) is 5.18. The average molecular weight is 421 g/mol. The van der Waals surface area contributed by atoms with Gasteiger partial charge in [0.2, 0.25) is 6.54 Å². The molecular formula is C25H28N2O2S. The average Bonchev–Trinajstić information content (AvgIpc) is 3.05. The van der Waals surface area contributed by atoms with Crippen molar-refractivity contribution in [1.82, 2.24) is 4.98 Å². The zero-order chi connectivity index (χ0) is 21.1. The first-order valence-electron chi connectivity index (χ1n) is 10.8. The summed E-state index contributed by atoms with van der Waals surface area (Å²) in [6.07, 6.45) is 7.59. The maximum Gasteiger partial charge on any atom is 0.207 e. The predicted octanol–water partition coefficient (Wildman–Crippen LogP) is 6.11. The van der Waals surface area contributed by atoms with E-state index < -0.39 is 0 Å². The molecule has 0 bridgehead atoms. The summed E-state index contributed by atoms with van der Waals surface area (Å²) >= 11 is 1.72. The molecule has 1 heterocycles. The standard InChI is InChI=1S/C25H28N2O2S/c1-17-13-23(18(2)12-20(17)10-11-27(28)29)15-24-16-30-25(26-24)22-9-8-19-6-4-3-5-7-21(19)14-22/h8-9,12-14,16H,3-7,10-11,15H2,1-2H3. The highest BCUT2D eigenvalue weighted by Crippen LogP contribution is 2.30. The van der Waals surface area contributed by atoms with Crippen LogP contribution in [0.2, 0.25) is 0 Å². The highest BCUT2D eigenvalue weighted by atomic mass is 32.1. The van der Waals surface area contributed by atoms with Crippen molar-refractivity contribution < 1.29 is 4.92 Å². The van der Waals surface area contributed by atoms with E-state index in [4.69, 9.17) is 4.98 Å². The second kappa shape index (κ2) is 9.09. The Bertz CT molecular complexity index is 1070. The van der Waals surface area contributed by atoms with E-state index in [1.807, 2.05) is 6.92 Å². The van der Waals surface area contributed by atoms with Crippen molar-refractivity contribution in [3.8, 4) is 10.6 Å². The second-order valence-corrected chi connectivity index (χ2v) is 9.23. The van der Waals surface area contributed by atoms with Crippen molar-refractivity contribution in [1.29, 1.82) is 0 Å². The van der Waals surface area contributed by atoms with Gasteiger partial charge >= 0.3 is 0 Å². The van der Waals surface area contributed by atoms with Crippen molar-refractivity contribution in [3.05, 3.63) is 84.9 Å². The number of aromatic nitrogens is 1. The van der Waals surface area contributed by atoms with Crippen LogP contribution in [0.4, 0.5) is 0 Å². The van der Waals surface area contributed by atoms with Gasteiger partial charge in [-0.15, -0.1) is 11.3 Å². The Hall–Kier alpha value is -2.53. The number of hydrogen-bond donors (Lipinski definition) is 0. The highest BCUT2D eigenvalue weighted by molar-refractivity contribution is 7.13. The normalized spacial score (nSPS) is 13.7. The molecular weight excluding hydrogens is 392 g/mol. The third-order valence-corrected chi connectivity index (χ3v) is 7.07. The van der Waals surface area contributed by atoms with Crippen LogP contribution in [0.3, 0.4) is 0 Å². The summed E-state index contributed by atoms with van der Waals surface area (Å²) in [4.78, 5) is 15.4. The van der Waals surface area contributed by atoms with E-state index in [1.54, 1.807) is 11.3 Å². The second-order valence-electron chi connectivity index (χ2n) is 8.38. The van der Waals surface area contributed by atoms with E-state index in [2.05, 4.69) is 42.6 Å². The minimum Gasteiger partial charge on any atom is -0.265 e. The molecule has 0 saturated heterocycles. The monoisotopic (exact) mass is 420 g/mol. The van der Waals surface area contributed by atoms with Gasteiger partial charge in [-0.05, 0) is 79.0 Å². The molecule has 0 atom stereocenters. The van der Waals surface area contributed by atoms with Crippen LogP contribution in [-0.4, -0.2) is 16.5 Å². The number of nitro groups is 1. The molecule has 2 aromatic carbocycles. The zero-order valence-corrected chi connectivity index (χ0v) is 18.6. The quantitative estimate of drug-likeness (QED) is 0.275. The summed E-state index contributed by atoms with van der Waals surface area (Å²) in [6, 6.07) is 11.2. The Morgan fingerprint density at radius 3 is 2.53 bits per heavy atom. The van der Waals surface area contributed by atoms with Crippen LogP contribution in [-0.2, 0) is 25.7 Å². The van der Waals surface area contributed by atoms with Crippen LogP contribution in [0.5, 0.6) is 0 Å². The lowest BCUT2D eigenvalue weighted by Crippen LogP contribution is -2.06. The minimum absolute atomic E-state index is 0.0180. The molecule has 4 rings (SSSR count). The number of aryl methyl sites for hydroxylation is 4. The topological polar surface area (TPSA) is 56.0 Å². The molecule has 0 amide bonds. The lowest BCUT2D eigenvalue weighted by Gasteiger charge is -2.10. The van der Waals surface area contributed by atoms with Crippen LogP contribution in [0, 0.1) is 24.0 Å². The minimum atomic E-state index is -0.248. The molecule has 0 saturated carbocycles. The van der Waals surface area contributed by atoms with Gasteiger partial charge in [-0.1, -0.05) is 30.7 Å². The molecule has 1 aliphatic rings. The molecule has 5 heteroatoms. The van der Waals surface area contributed by atoms with Crippen LogP contribution in [0.25, 0.3) is 10.6 Å². The van der Waals surface area contributed by atoms with Crippen LogP contribution in [0.1, 0.15) is 58.3 Å². The van der Waals surface area contributed by atoms with Gasteiger partial charge in [0.25, 0.3) is 0 Å². The molecule has 1 aromatic heterocycles. The SMILES string of the molecule is Cc1cc(Cc2csc(-c3ccc4c(c3)CCCCC4)n2)c(C)cc1CC[N+](=O)[O-]. The van der Waals surface area contributed by atoms with E-state index in [-0.39, 0.29) is 11.5 Å². The Morgan fingerprint density at radius 2 is 1.73 bits per heavy atom. The van der Waals surface area contributed by atoms with Crippen molar-refractivity contribution in [2.75, 3.05) is 6.54 Å². The molecule has 0 radical (unpaired) electrons. The number of nitrogens with zero attached hydrogens (tertiary/aromatic N) is 2. The highest BCUT2D eigenvalue weighted by Gasteiger charge is 2.13. The molecule has 0 unspecified atom stereocenters. The maximum absolute atomic E-state index is 10.7. The lowest BCUT2D eigenvalue weighted by molar-refractivity contribution is -0.479. The van der Waals surface area contributed by atoms with E-state index in [0.29, 0.717) is 6.42 Å². The van der Waals surface area contributed by atoms with Gasteiger partial charge in [0.1, 0.15) is 5.01 Å². The summed E-state index contributed by atoms with van der Waals surface area (Å²) in [5.41, 5.74) is 9.94. The Kier molecular flexibility index (Phi) is 6.28. The van der Waals surface area contributed by atoms with Gasteiger partial charge < -0.3 is 0 Å². The molecule has 1 aliphatic carbocycles. The molecule has 0 N–H and O–H groups in total. The third-order valence-electron chi connectivity index (χ3n) is 6.13. The van der Waals surface area contributed by atoms with Gasteiger partial charge in [-0.25, -0.2) is 4.98 Å². The first kappa shape index (κ1) is 20.7. The molecule has 30 heavy (non-hydrogen) atoms. The summed E-state index contributed by atoms with van der Waals surface area (Å²) in [6.45, 7) is 4.11. The number of hydrogen-bond acceptors (Lipinski definition) is 4. The number of fused-ring (bicyclic) bond motifs is 1. The first-order chi connectivity index (χ1) is 14.5. The molecule has 156 valence electrons. The summed E-state index contributed by atoms with van der Waals surface area (Å²) in [5.74, 6) is 0. The van der Waals surface area contributed by atoms with E-state index in [9.17, 15) is 10.1 Å². The van der Waals surface area contributed by atoms with Crippen molar-refractivity contribution in [3.63, 3.8) is 0 Å². The van der Waals surface area contributed by atoms with Gasteiger partial charge in [0.15, 0.2) is 0 Å². The van der Waals surface area contributed by atoms with E-state index in [0.717, 1.165) is 28.2 Å². The van der Waals surface area contributed by atoms with Crippen molar-refractivity contribution in [2.45, 2.75) is 58.8 Å². The Labute approximate surface area is 182 Å². The van der Waals surface area contributed by atoms with Gasteiger partial charge in [-0.2, -0.15) is 0 Å². The molecule has 0 fully saturated rings. The number of rotatable bonds is 6. The molecule has 3 aromatic rings. The van der Waals surface area contributed by atoms with E-state index >= 15 is 0 Å². The third kappa shape index (κ3) is 4.78. The van der Waals surface area contributed by atoms with E-state index in [1.165, 1.54) is 59.9 Å². The zero-order valence-electron chi connectivity index (χ0n) is 17.7.